The normalized spacial score (nSPS) is 23.4. The van der Waals surface area contributed by atoms with Crippen LogP contribution in [0.25, 0.3) is 0 Å². The van der Waals surface area contributed by atoms with Gasteiger partial charge in [0.05, 0.1) is 6.54 Å². The van der Waals surface area contributed by atoms with E-state index in [-0.39, 0.29) is 30.3 Å². The first-order chi connectivity index (χ1) is 11.1. The van der Waals surface area contributed by atoms with Gasteiger partial charge in [-0.05, 0) is 43.2 Å². The van der Waals surface area contributed by atoms with Crippen molar-refractivity contribution in [2.24, 2.45) is 11.7 Å². The van der Waals surface area contributed by atoms with Crippen molar-refractivity contribution in [1.29, 1.82) is 0 Å². The number of amides is 2. The van der Waals surface area contributed by atoms with Gasteiger partial charge in [0.1, 0.15) is 0 Å². The van der Waals surface area contributed by atoms with E-state index in [0.717, 1.165) is 44.3 Å². The SMILES string of the molecule is N[C@@H]1CCC[C@H]1CC(=O)NCC(=O)N1CCCc2ccccc21. The topological polar surface area (TPSA) is 75.4 Å². The molecule has 23 heavy (non-hydrogen) atoms. The summed E-state index contributed by atoms with van der Waals surface area (Å²) < 4.78 is 0. The van der Waals surface area contributed by atoms with Crippen LogP contribution in [0.5, 0.6) is 0 Å². The Morgan fingerprint density at radius 1 is 1.22 bits per heavy atom. The molecule has 2 aliphatic rings. The average molecular weight is 315 g/mol. The monoisotopic (exact) mass is 315 g/mol. The second kappa shape index (κ2) is 7.13. The van der Waals surface area contributed by atoms with Gasteiger partial charge in [0.15, 0.2) is 0 Å². The van der Waals surface area contributed by atoms with Crippen LogP contribution >= 0.6 is 0 Å². The fraction of sp³-hybridized carbons (Fsp3) is 0.556. The van der Waals surface area contributed by atoms with Crippen LogP contribution in [0.1, 0.15) is 37.7 Å². The van der Waals surface area contributed by atoms with Gasteiger partial charge in [-0.2, -0.15) is 0 Å². The Bertz CT molecular complexity index is 587. The van der Waals surface area contributed by atoms with Gasteiger partial charge in [-0.1, -0.05) is 24.6 Å². The molecule has 1 aliphatic carbocycles. The number of hydrogen-bond donors (Lipinski definition) is 2. The van der Waals surface area contributed by atoms with Gasteiger partial charge < -0.3 is 16.0 Å². The zero-order chi connectivity index (χ0) is 16.2. The lowest BCUT2D eigenvalue weighted by Gasteiger charge is -2.29. The minimum Gasteiger partial charge on any atom is -0.347 e. The molecule has 1 heterocycles. The predicted molar refractivity (Wildman–Crippen MR) is 90.1 cm³/mol. The summed E-state index contributed by atoms with van der Waals surface area (Å²) in [6.45, 7) is 0.786. The van der Waals surface area contributed by atoms with Crippen LogP contribution in [0.4, 0.5) is 5.69 Å². The van der Waals surface area contributed by atoms with Crippen LogP contribution in [-0.4, -0.2) is 30.9 Å². The quantitative estimate of drug-likeness (QED) is 0.886. The predicted octanol–water partition coefficient (Wildman–Crippen LogP) is 1.60. The van der Waals surface area contributed by atoms with Gasteiger partial charge in [0.25, 0.3) is 0 Å². The first-order valence-corrected chi connectivity index (χ1v) is 8.55. The molecule has 0 unspecified atom stereocenters. The third-order valence-corrected chi connectivity index (χ3v) is 5.01. The lowest BCUT2D eigenvalue weighted by molar-refractivity contribution is -0.125. The Hall–Kier alpha value is -1.88. The van der Waals surface area contributed by atoms with Crippen molar-refractivity contribution in [1.82, 2.24) is 5.32 Å². The molecule has 1 fully saturated rings. The Morgan fingerprint density at radius 2 is 2.04 bits per heavy atom. The summed E-state index contributed by atoms with van der Waals surface area (Å²) in [5, 5.41) is 2.77. The van der Waals surface area contributed by atoms with Crippen molar-refractivity contribution in [2.75, 3.05) is 18.0 Å². The highest BCUT2D eigenvalue weighted by molar-refractivity contribution is 5.97. The lowest BCUT2D eigenvalue weighted by atomic mass is 10.00. The van der Waals surface area contributed by atoms with Crippen molar-refractivity contribution in [3.63, 3.8) is 0 Å². The number of nitrogens with zero attached hydrogens (tertiary/aromatic N) is 1. The molecule has 1 saturated carbocycles. The van der Waals surface area contributed by atoms with E-state index in [9.17, 15) is 9.59 Å². The first-order valence-electron chi connectivity index (χ1n) is 8.55. The molecule has 1 aliphatic heterocycles. The van der Waals surface area contributed by atoms with E-state index >= 15 is 0 Å². The number of fused-ring (bicyclic) bond motifs is 1. The van der Waals surface area contributed by atoms with Gasteiger partial charge in [0.2, 0.25) is 11.8 Å². The van der Waals surface area contributed by atoms with E-state index in [0.29, 0.717) is 6.42 Å². The smallest absolute Gasteiger partial charge is 0.246 e. The second-order valence-corrected chi connectivity index (χ2v) is 6.61. The molecule has 2 atom stereocenters. The molecule has 1 aromatic rings. The number of benzene rings is 1. The third-order valence-electron chi connectivity index (χ3n) is 5.01. The zero-order valence-corrected chi connectivity index (χ0v) is 13.5. The van der Waals surface area contributed by atoms with Crippen LogP contribution in [0.15, 0.2) is 24.3 Å². The Kier molecular flexibility index (Phi) is 4.96. The molecule has 2 amide bonds. The van der Waals surface area contributed by atoms with Gasteiger partial charge in [-0.15, -0.1) is 0 Å². The molecule has 0 aromatic heterocycles. The highest BCUT2D eigenvalue weighted by atomic mass is 16.2. The number of carbonyl (C=O) groups excluding carboxylic acids is 2. The lowest BCUT2D eigenvalue weighted by Crippen LogP contribution is -2.43. The number of hydrogen-bond acceptors (Lipinski definition) is 3. The molecular formula is C18H25N3O2. The third kappa shape index (κ3) is 3.72. The fourth-order valence-corrected chi connectivity index (χ4v) is 3.69. The minimum atomic E-state index is -0.0639. The molecule has 5 nitrogen and oxygen atoms in total. The summed E-state index contributed by atoms with van der Waals surface area (Å²) in [5.41, 5.74) is 8.18. The minimum absolute atomic E-state index is 0.0405. The molecule has 0 saturated heterocycles. The number of nitrogens with two attached hydrogens (primary N) is 1. The summed E-state index contributed by atoms with van der Waals surface area (Å²) in [6, 6.07) is 8.12. The van der Waals surface area contributed by atoms with E-state index in [4.69, 9.17) is 5.73 Å². The van der Waals surface area contributed by atoms with Crippen LogP contribution < -0.4 is 16.0 Å². The Balaban J connectivity index is 1.53. The largest absolute Gasteiger partial charge is 0.347 e. The molecule has 0 bridgehead atoms. The van der Waals surface area contributed by atoms with Crippen molar-refractivity contribution >= 4 is 17.5 Å². The van der Waals surface area contributed by atoms with E-state index in [1.54, 1.807) is 4.90 Å². The van der Waals surface area contributed by atoms with Crippen molar-refractivity contribution < 1.29 is 9.59 Å². The number of anilines is 1. The van der Waals surface area contributed by atoms with Gasteiger partial charge in [0, 0.05) is 24.7 Å². The molecule has 5 heteroatoms. The molecule has 1 aromatic carbocycles. The maximum atomic E-state index is 12.5. The van der Waals surface area contributed by atoms with E-state index in [1.165, 1.54) is 5.56 Å². The number of nitrogens with one attached hydrogen (secondary N) is 1. The average Bonchev–Trinajstić information content (AvgIpc) is 2.97. The molecule has 3 rings (SSSR count). The Morgan fingerprint density at radius 3 is 2.83 bits per heavy atom. The number of carbonyl (C=O) groups is 2. The van der Waals surface area contributed by atoms with Crippen molar-refractivity contribution in [2.45, 2.75) is 44.6 Å². The van der Waals surface area contributed by atoms with Crippen LogP contribution in [0, 0.1) is 5.92 Å². The molecular weight excluding hydrogens is 290 g/mol. The van der Waals surface area contributed by atoms with Gasteiger partial charge >= 0.3 is 0 Å². The van der Waals surface area contributed by atoms with E-state index in [1.807, 2.05) is 18.2 Å². The molecule has 0 spiro atoms. The van der Waals surface area contributed by atoms with Crippen LogP contribution in [0.2, 0.25) is 0 Å². The van der Waals surface area contributed by atoms with Crippen molar-refractivity contribution in [3.05, 3.63) is 29.8 Å². The number of rotatable bonds is 4. The van der Waals surface area contributed by atoms with E-state index in [2.05, 4.69) is 11.4 Å². The van der Waals surface area contributed by atoms with E-state index < -0.39 is 0 Å². The number of para-hydroxylation sites is 1. The maximum Gasteiger partial charge on any atom is 0.246 e. The Labute approximate surface area is 137 Å². The maximum absolute atomic E-state index is 12.5. The van der Waals surface area contributed by atoms with Gasteiger partial charge in [-0.3, -0.25) is 9.59 Å². The summed E-state index contributed by atoms with van der Waals surface area (Å²) in [7, 11) is 0. The summed E-state index contributed by atoms with van der Waals surface area (Å²) in [5.74, 6) is 0.160. The van der Waals surface area contributed by atoms with Crippen molar-refractivity contribution in [3.8, 4) is 0 Å². The van der Waals surface area contributed by atoms with Crippen LogP contribution in [-0.2, 0) is 16.0 Å². The summed E-state index contributed by atoms with van der Waals surface area (Å²) in [4.78, 5) is 26.3. The molecule has 0 radical (unpaired) electrons. The van der Waals surface area contributed by atoms with Crippen LogP contribution in [0.3, 0.4) is 0 Å². The number of aryl methyl sites for hydroxylation is 1. The summed E-state index contributed by atoms with van der Waals surface area (Å²) >= 11 is 0. The molecule has 124 valence electrons. The fourth-order valence-electron chi connectivity index (χ4n) is 3.69. The summed E-state index contributed by atoms with van der Waals surface area (Å²) in [6.07, 6.45) is 5.52. The standard InChI is InChI=1S/C18H25N3O2/c19-15-8-3-6-14(15)11-17(22)20-12-18(23)21-10-4-7-13-5-1-2-9-16(13)21/h1-2,5,9,14-15H,3-4,6-8,10-12,19H2,(H,20,22)/t14-,15+/m0/s1. The highest BCUT2D eigenvalue weighted by Gasteiger charge is 2.27. The second-order valence-electron chi connectivity index (χ2n) is 6.61. The molecule has 3 N–H and O–H groups in total. The first kappa shape index (κ1) is 16.0. The highest BCUT2D eigenvalue weighted by Crippen LogP contribution is 2.27. The van der Waals surface area contributed by atoms with Gasteiger partial charge in [-0.25, -0.2) is 0 Å². The zero-order valence-electron chi connectivity index (χ0n) is 13.5.